The van der Waals surface area contributed by atoms with E-state index in [4.69, 9.17) is 9.47 Å². The number of carbonyl (C=O) groups excluding carboxylic acids is 3. The number of urea groups is 1. The molecule has 3 rings (SSSR count). The number of carboxylic acid groups (broad SMARTS) is 1. The second-order valence-corrected chi connectivity index (χ2v) is 7.64. The van der Waals surface area contributed by atoms with Gasteiger partial charge in [-0.3, -0.25) is 14.4 Å². The molecule has 2 aromatic rings. The topological polar surface area (TPSA) is 134 Å². The molecular formula is C24H26N3NaO7. The van der Waals surface area contributed by atoms with E-state index in [1.165, 1.54) is 18.0 Å². The van der Waals surface area contributed by atoms with Crippen molar-refractivity contribution in [3.05, 3.63) is 65.9 Å². The Kier molecular flexibility index (Phi) is 9.88. The summed E-state index contributed by atoms with van der Waals surface area (Å²) < 4.78 is 10.9. The number of likely N-dealkylation sites (N-methyl/N-ethyl adjacent to an activating group) is 1. The predicted molar refractivity (Wildman–Crippen MR) is 123 cm³/mol. The molecule has 3 N–H and O–H groups in total. The van der Waals surface area contributed by atoms with E-state index in [1.807, 2.05) is 0 Å². The third kappa shape index (κ3) is 7.32. The molecule has 0 spiro atoms. The quantitative estimate of drug-likeness (QED) is 0.342. The number of nitrogens with one attached hydrogen (secondary N) is 2. The first-order valence-corrected chi connectivity index (χ1v) is 10.4. The van der Waals surface area contributed by atoms with Crippen molar-refractivity contribution >= 4 is 23.7 Å². The molecule has 35 heavy (non-hydrogen) atoms. The minimum absolute atomic E-state index is 0. The number of allylic oxidation sites excluding steroid dienone is 1. The smallest absolute Gasteiger partial charge is 1.00 e. The summed E-state index contributed by atoms with van der Waals surface area (Å²) in [5.74, 6) is -0.566. The van der Waals surface area contributed by atoms with Crippen LogP contribution in [0.2, 0.25) is 0 Å². The largest absolute Gasteiger partial charge is 1.00 e. The van der Waals surface area contributed by atoms with Crippen molar-refractivity contribution in [1.82, 2.24) is 15.5 Å². The van der Waals surface area contributed by atoms with E-state index in [1.54, 1.807) is 62.6 Å². The molecule has 2 aromatic carbocycles. The van der Waals surface area contributed by atoms with Gasteiger partial charge in [0, 0.05) is 24.9 Å². The van der Waals surface area contributed by atoms with Crippen LogP contribution in [-0.2, 0) is 14.4 Å². The van der Waals surface area contributed by atoms with Gasteiger partial charge in [0.2, 0.25) is 0 Å². The molecule has 1 heterocycles. The maximum absolute atomic E-state index is 12.5. The van der Waals surface area contributed by atoms with E-state index in [0.717, 1.165) is 0 Å². The predicted octanol–water partition coefficient (Wildman–Crippen LogP) is -0.267. The number of ketones is 1. The monoisotopic (exact) mass is 491 g/mol. The van der Waals surface area contributed by atoms with Crippen LogP contribution in [0.25, 0.3) is 0 Å². The van der Waals surface area contributed by atoms with Crippen molar-refractivity contribution < 1.29 is 64.7 Å². The third-order valence-corrected chi connectivity index (χ3v) is 5.26. The van der Waals surface area contributed by atoms with E-state index in [9.17, 15) is 24.3 Å². The van der Waals surface area contributed by atoms with Crippen LogP contribution in [-0.4, -0.2) is 53.9 Å². The summed E-state index contributed by atoms with van der Waals surface area (Å²) in [6.45, 7) is 1.61. The standard InChI is InChI=1S/C24H25N3O7.Na.H/c1-14-11-20(28)22(23(31)27(14)2)26-24(32)25-19(13-21(29)30)15-7-9-16(10-8-15)34-18-6-4-5-17(12-18)33-3;;/h4-12,19,22H,13H2,1-3H3,(H,29,30)(H2,25,26,32);;/q;+1;-1. The Balaban J connectivity index is 0.00000324. The molecule has 1 aliphatic heterocycles. The summed E-state index contributed by atoms with van der Waals surface area (Å²) in [6.07, 6.45) is 0.858. The molecular weight excluding hydrogens is 465 g/mol. The van der Waals surface area contributed by atoms with E-state index in [2.05, 4.69) is 10.6 Å². The van der Waals surface area contributed by atoms with Gasteiger partial charge < -0.3 is 31.5 Å². The Labute approximate surface area is 226 Å². The summed E-state index contributed by atoms with van der Waals surface area (Å²) in [5, 5.41) is 14.2. The Morgan fingerprint density at radius 2 is 1.77 bits per heavy atom. The van der Waals surface area contributed by atoms with Gasteiger partial charge in [0.1, 0.15) is 17.2 Å². The number of methoxy groups -OCH3 is 1. The SMILES string of the molecule is COc1cccc(Oc2ccc(C(CC(=O)O)NC(=O)NC3C(=O)C=C(C)N(C)C3=O)cc2)c1.[H-].[Na+]. The Morgan fingerprint density at radius 3 is 2.40 bits per heavy atom. The molecule has 180 valence electrons. The minimum Gasteiger partial charge on any atom is -1.00 e. The average Bonchev–Trinajstić information content (AvgIpc) is 2.80. The van der Waals surface area contributed by atoms with E-state index in [0.29, 0.717) is 28.5 Å². The molecule has 1 aliphatic rings. The van der Waals surface area contributed by atoms with Gasteiger partial charge in [0.15, 0.2) is 11.8 Å². The molecule has 0 radical (unpaired) electrons. The zero-order valence-electron chi connectivity index (χ0n) is 20.9. The van der Waals surface area contributed by atoms with Crippen LogP contribution < -0.4 is 49.7 Å². The second kappa shape index (κ2) is 12.4. The van der Waals surface area contributed by atoms with Crippen molar-refractivity contribution in [1.29, 1.82) is 0 Å². The van der Waals surface area contributed by atoms with E-state index >= 15 is 0 Å². The molecule has 11 heteroatoms. The summed E-state index contributed by atoms with van der Waals surface area (Å²) in [4.78, 5) is 49.7. The molecule has 10 nitrogen and oxygen atoms in total. The molecule has 0 aliphatic carbocycles. The minimum atomic E-state index is -1.38. The summed E-state index contributed by atoms with van der Waals surface area (Å²) in [5.41, 5.74) is 0.971. The van der Waals surface area contributed by atoms with Gasteiger partial charge in [0.25, 0.3) is 5.91 Å². The van der Waals surface area contributed by atoms with E-state index in [-0.39, 0.29) is 31.0 Å². The van der Waals surface area contributed by atoms with Crippen LogP contribution in [0.3, 0.4) is 0 Å². The van der Waals surface area contributed by atoms with Gasteiger partial charge in [-0.2, -0.15) is 0 Å². The molecule has 0 saturated carbocycles. The summed E-state index contributed by atoms with van der Waals surface area (Å²) >= 11 is 0. The van der Waals surface area contributed by atoms with Crippen molar-refractivity contribution in [2.75, 3.05) is 14.2 Å². The van der Waals surface area contributed by atoms with Crippen molar-refractivity contribution in [2.24, 2.45) is 0 Å². The van der Waals surface area contributed by atoms with Crippen molar-refractivity contribution in [2.45, 2.75) is 25.4 Å². The molecule has 3 amide bonds. The zero-order valence-corrected chi connectivity index (χ0v) is 21.9. The maximum atomic E-state index is 12.5. The number of amides is 3. The first kappa shape index (κ1) is 27.9. The fourth-order valence-corrected chi connectivity index (χ4v) is 3.33. The van der Waals surface area contributed by atoms with Gasteiger partial charge in [-0.05, 0) is 36.8 Å². The average molecular weight is 491 g/mol. The second-order valence-electron chi connectivity index (χ2n) is 7.64. The zero-order chi connectivity index (χ0) is 24.8. The normalized spacial score (nSPS) is 15.9. The van der Waals surface area contributed by atoms with Crippen molar-refractivity contribution in [3.8, 4) is 17.2 Å². The molecule has 2 atom stereocenters. The molecule has 0 bridgehead atoms. The number of ether oxygens (including phenoxy) is 2. The Morgan fingerprint density at radius 1 is 1.11 bits per heavy atom. The first-order valence-electron chi connectivity index (χ1n) is 10.4. The number of nitrogens with zero attached hydrogens (tertiary/aromatic N) is 1. The van der Waals surface area contributed by atoms with E-state index < -0.39 is 42.2 Å². The first-order chi connectivity index (χ1) is 16.2. The number of hydrogen-bond donors (Lipinski definition) is 3. The van der Waals surface area contributed by atoms with Crippen LogP contribution in [0.4, 0.5) is 4.79 Å². The van der Waals surface area contributed by atoms with Gasteiger partial charge in [0.05, 0.1) is 19.6 Å². The molecule has 2 unspecified atom stereocenters. The Hall–Kier alpha value is -3.34. The van der Waals surface area contributed by atoms with Crippen LogP contribution in [0.5, 0.6) is 17.2 Å². The number of benzene rings is 2. The van der Waals surface area contributed by atoms with Crippen LogP contribution in [0, 0.1) is 0 Å². The molecule has 0 fully saturated rings. The summed E-state index contributed by atoms with van der Waals surface area (Å²) in [6, 6.07) is 10.4. The third-order valence-electron chi connectivity index (χ3n) is 5.26. The molecule has 0 saturated heterocycles. The number of carbonyl (C=O) groups is 4. The van der Waals surface area contributed by atoms with Gasteiger partial charge in [-0.1, -0.05) is 18.2 Å². The number of carboxylic acids is 1. The summed E-state index contributed by atoms with van der Waals surface area (Å²) in [7, 11) is 3.05. The van der Waals surface area contributed by atoms with Crippen LogP contribution in [0.15, 0.2) is 60.3 Å². The number of aliphatic carboxylic acids is 1. The maximum Gasteiger partial charge on any atom is 1.00 e. The van der Waals surface area contributed by atoms with Gasteiger partial charge >= 0.3 is 41.6 Å². The molecule has 0 aromatic heterocycles. The van der Waals surface area contributed by atoms with Crippen molar-refractivity contribution in [3.63, 3.8) is 0 Å². The fourth-order valence-electron chi connectivity index (χ4n) is 3.33. The number of rotatable bonds is 8. The van der Waals surface area contributed by atoms with Gasteiger partial charge in [-0.25, -0.2) is 4.79 Å². The fraction of sp³-hybridized carbons (Fsp3) is 0.250. The van der Waals surface area contributed by atoms with Gasteiger partial charge in [-0.15, -0.1) is 0 Å². The Bertz CT molecular complexity index is 1140. The van der Waals surface area contributed by atoms with Crippen LogP contribution >= 0.6 is 0 Å². The number of hydrogen-bond acceptors (Lipinski definition) is 6. The van der Waals surface area contributed by atoms with Crippen LogP contribution in [0.1, 0.15) is 26.4 Å².